The molecule has 3 amide bonds. The first-order valence-electron chi connectivity index (χ1n) is 45.3. The number of nitrogens with one attached hydrogen (secondary N) is 1. The fourth-order valence-corrected chi connectivity index (χ4v) is 20.5. The highest BCUT2D eigenvalue weighted by molar-refractivity contribution is 7.59. The Labute approximate surface area is 803 Å². The summed E-state index contributed by atoms with van der Waals surface area (Å²) in [4.78, 5) is 92.5. The number of H-pyrrole nitrogens is 1. The number of ether oxygens (including phenoxy) is 3. The van der Waals surface area contributed by atoms with Gasteiger partial charge in [-0.3, -0.25) is 29.3 Å². The van der Waals surface area contributed by atoms with Crippen LogP contribution in [0.15, 0.2) is 123 Å². The van der Waals surface area contributed by atoms with E-state index >= 15 is 0 Å². The zero-order valence-electron chi connectivity index (χ0n) is 76.2. The largest absolute Gasteiger partial charge is 0.462 e. The molecule has 0 saturated carbocycles. The number of hydrogen-bond acceptors (Lipinski definition) is 24. The van der Waals surface area contributed by atoms with Crippen LogP contribution in [-0.2, 0) is 53.3 Å². The first-order chi connectivity index (χ1) is 62.4. The summed E-state index contributed by atoms with van der Waals surface area (Å²) in [7, 11) is 2.16. The minimum absolute atomic E-state index is 0. The second-order valence-electron chi connectivity index (χ2n) is 35.8. The van der Waals surface area contributed by atoms with Crippen LogP contribution in [0.4, 0.5) is 43.3 Å². The number of piperazine rings is 3. The number of carbonyl (C=O) groups is 3. The van der Waals surface area contributed by atoms with Crippen molar-refractivity contribution in [1.82, 2.24) is 69.5 Å². The van der Waals surface area contributed by atoms with Gasteiger partial charge < -0.3 is 63.2 Å². The third-order valence-corrected chi connectivity index (χ3v) is 27.8. The molecule has 702 valence electrons. The number of nitrogens with zero attached hydrogens (tertiary/aromatic N) is 21. The fraction of sp³-hybridized carbons (Fsp3) is 0.485. The number of aromatic nitrogens is 8. The molecule has 28 nitrogen and oxygen atoms in total. The van der Waals surface area contributed by atoms with Gasteiger partial charge in [-0.15, -0.1) is 0 Å². The summed E-state index contributed by atoms with van der Waals surface area (Å²) >= 11 is 13.4. The number of halogens is 4. The molecule has 9 aliphatic rings. The van der Waals surface area contributed by atoms with Gasteiger partial charge in [-0.25, -0.2) is 8.78 Å². The summed E-state index contributed by atoms with van der Waals surface area (Å²) in [5.74, 6) is 2.18. The minimum atomic E-state index is -1.18. The second-order valence-corrected chi connectivity index (χ2v) is 36.6. The molecule has 0 radical (unpaired) electrons. The summed E-state index contributed by atoms with van der Waals surface area (Å²) in [6, 6.07) is 31.8. The van der Waals surface area contributed by atoms with E-state index in [9.17, 15) is 33.7 Å². The van der Waals surface area contributed by atoms with Gasteiger partial charge in [0.05, 0.1) is 101 Å². The number of rotatable bonds is 22. The molecule has 1 unspecified atom stereocenters. The molecule has 13 heterocycles. The van der Waals surface area contributed by atoms with Gasteiger partial charge in [-0.05, 0) is 176 Å². The zero-order valence-corrected chi connectivity index (χ0v) is 80.7. The number of amides is 3. The molecule has 1 N–H and O–H groups in total. The number of fused-ring (bicyclic) bond motifs is 6. The summed E-state index contributed by atoms with van der Waals surface area (Å²) in [5, 5.41) is 33.3. The van der Waals surface area contributed by atoms with E-state index in [-0.39, 0.29) is 89.1 Å². The number of likely N-dealkylation sites (tertiary alicyclic amines) is 3. The molecule has 6 saturated heterocycles. The van der Waals surface area contributed by atoms with Crippen molar-refractivity contribution < 1.29 is 37.4 Å². The SMILES string of the molecule is C=CC(=O)N1CCN(c2nc(OCCN3CCC(C)(F)CC3)nc3c2CCN(c2cccc4cccc(Cl)c24)C3)C[C@@H]1CC#N.C=CC(=O)N1CCN(c2nc(OCCN3CCCC(C)(F)C3)nc3c2CCN(c2cccc4cccc(Cl)c24)C3)C[C@@H]1CC#N.C=CC(=O)N1CCN(c2nc(OC[C@@H]3CCCN3C)nc3c2CCN(c2c(C)c(C)cc4[nH]ncc24)C3)CC1.S.S.S. The van der Waals surface area contributed by atoms with Crippen molar-refractivity contribution >= 4 is 148 Å². The monoisotopic (exact) mass is 1890 g/mol. The van der Waals surface area contributed by atoms with Crippen LogP contribution in [0, 0.1) is 36.5 Å². The van der Waals surface area contributed by atoms with Crippen LogP contribution in [0.2, 0.25) is 10.0 Å². The number of carbonyl (C=O) groups excluding carboxylic acids is 3. The van der Waals surface area contributed by atoms with Gasteiger partial charge in [-0.2, -0.15) is 86.0 Å². The van der Waals surface area contributed by atoms with Crippen LogP contribution in [-0.4, -0.2) is 274 Å². The molecule has 4 atom stereocenters. The average molecular weight is 1900 g/mol. The maximum Gasteiger partial charge on any atom is 0.318 e. The van der Waals surface area contributed by atoms with Crippen molar-refractivity contribution in [3.8, 4) is 30.2 Å². The van der Waals surface area contributed by atoms with E-state index < -0.39 is 11.3 Å². The number of aryl methyl sites for hydroxylation is 1. The van der Waals surface area contributed by atoms with Gasteiger partial charge in [-0.1, -0.05) is 91.5 Å². The summed E-state index contributed by atoms with van der Waals surface area (Å²) in [6.07, 6.45) is 13.4. The highest BCUT2D eigenvalue weighted by Crippen LogP contribution is 2.43. The molecular weight excluding hydrogens is 1770 g/mol. The van der Waals surface area contributed by atoms with Crippen LogP contribution in [0.1, 0.15) is 110 Å². The third-order valence-electron chi connectivity index (χ3n) is 27.1. The van der Waals surface area contributed by atoms with Crippen LogP contribution in [0.3, 0.4) is 0 Å². The van der Waals surface area contributed by atoms with E-state index in [1.54, 1.807) is 23.6 Å². The van der Waals surface area contributed by atoms with E-state index in [0.29, 0.717) is 178 Å². The Hall–Kier alpha value is -10.5. The molecule has 9 aliphatic heterocycles. The first kappa shape index (κ1) is 99.0. The molecular formula is C97H122Cl2F2N22O6S3. The maximum absolute atomic E-state index is 14.6. The lowest BCUT2D eigenvalue weighted by Gasteiger charge is -2.42. The second kappa shape index (κ2) is 44.1. The normalized spacial score (nSPS) is 20.3. The Morgan fingerprint density at radius 1 is 0.538 bits per heavy atom. The standard InChI is InChI=1S/2C34H39ClFN7O2.C29H38N8O2.3H2S/c1-3-30(44)43-18-17-42(21-25(43)11-14-37)32-26-12-16-41(29-10-5-8-24-7-4-9-27(35)31(24)29)22-28(26)38-33(39-32)45-20-19-40-15-6-13-34(2,36)23-40;1-3-30(44)43-19-18-42(22-25(43)10-14-37)32-26-11-15-41(29-9-5-7-24-6-4-8-27(35)31(24)29)23-28(26)38-33(39-32)45-21-20-40-16-12-34(2,36)13-17-40;1-5-26(38)35-11-13-36(14-12-35)28-22-8-10-37(27-20(3)19(2)15-24-23(27)16-30-33-24)17-25(22)31-29(32-28)39-18-21-7-6-9-34(21)4;;;/h3-5,7-10,25H,1,6,11-13,15-23H2,2H3;3-9,25H,1,10-13,15-23H2,2H3;5,15-16,21H,1,6-14,17-18H2,2-4H3,(H,30,33);3*1H2/t25-,34?;25-;21-;;;/m000.../s1. The number of alkyl halides is 2. The zero-order chi connectivity index (χ0) is 90.2. The molecule has 5 aromatic carbocycles. The lowest BCUT2D eigenvalue weighted by atomic mass is 9.96. The van der Waals surface area contributed by atoms with Gasteiger partial charge in [0.25, 0.3) is 0 Å². The van der Waals surface area contributed by atoms with E-state index in [4.69, 9.17) is 67.3 Å². The molecule has 18 rings (SSSR count). The van der Waals surface area contributed by atoms with Crippen LogP contribution < -0.4 is 43.6 Å². The number of anilines is 6. The Balaban J connectivity index is 0.000000167. The molecule has 132 heavy (non-hydrogen) atoms. The van der Waals surface area contributed by atoms with Crippen LogP contribution >= 0.6 is 63.7 Å². The minimum Gasteiger partial charge on any atom is -0.462 e. The summed E-state index contributed by atoms with van der Waals surface area (Å²) in [6.45, 7) is 34.9. The van der Waals surface area contributed by atoms with E-state index in [2.05, 4.69) is 156 Å². The van der Waals surface area contributed by atoms with E-state index in [1.807, 2.05) is 41.4 Å². The number of likely N-dealkylation sites (N-methyl/N-ethyl adjacent to an activating group) is 1. The van der Waals surface area contributed by atoms with Gasteiger partial charge in [0.1, 0.15) is 48.6 Å². The molecule has 0 aliphatic carbocycles. The summed E-state index contributed by atoms with van der Waals surface area (Å²) < 4.78 is 47.6. The molecule has 9 aromatic rings. The predicted molar refractivity (Wildman–Crippen MR) is 533 cm³/mol. The Kier molecular flexibility index (Phi) is 33.1. The summed E-state index contributed by atoms with van der Waals surface area (Å²) in [5.41, 5.74) is 10.7. The lowest BCUT2D eigenvalue weighted by Crippen LogP contribution is -2.55. The van der Waals surface area contributed by atoms with Crippen LogP contribution in [0.25, 0.3) is 32.4 Å². The molecule has 0 bridgehead atoms. The van der Waals surface area contributed by atoms with Crippen LogP contribution in [0.5, 0.6) is 18.0 Å². The van der Waals surface area contributed by atoms with Crippen molar-refractivity contribution in [2.75, 3.05) is 187 Å². The number of benzene rings is 5. The molecule has 4 aromatic heterocycles. The maximum atomic E-state index is 14.6. The van der Waals surface area contributed by atoms with Crippen molar-refractivity contribution in [3.05, 3.63) is 178 Å². The van der Waals surface area contributed by atoms with Crippen molar-refractivity contribution in [2.45, 2.75) is 147 Å². The first-order valence-corrected chi connectivity index (χ1v) is 46.1. The quantitative estimate of drug-likeness (QED) is 0.0617. The molecule has 0 spiro atoms. The highest BCUT2D eigenvalue weighted by Gasteiger charge is 2.39. The number of aromatic amines is 1. The Morgan fingerprint density at radius 3 is 1.49 bits per heavy atom. The average Bonchev–Trinajstić information content (AvgIpc) is 1.42. The van der Waals surface area contributed by atoms with Gasteiger partial charge >= 0.3 is 18.0 Å². The topological polar surface area (TPSA) is 271 Å². The van der Waals surface area contributed by atoms with E-state index in [0.717, 1.165) is 161 Å². The highest BCUT2D eigenvalue weighted by atomic mass is 35.5. The van der Waals surface area contributed by atoms with Crippen molar-refractivity contribution in [2.24, 2.45) is 0 Å². The van der Waals surface area contributed by atoms with Crippen molar-refractivity contribution in [3.63, 3.8) is 0 Å². The number of hydrogen-bond donors (Lipinski definition) is 1. The number of nitriles is 2. The Morgan fingerprint density at radius 2 is 1.01 bits per heavy atom. The fourth-order valence-electron chi connectivity index (χ4n) is 19.9. The van der Waals surface area contributed by atoms with Gasteiger partial charge in [0, 0.05) is 168 Å². The van der Waals surface area contributed by atoms with Gasteiger partial charge in [0.2, 0.25) is 17.7 Å². The lowest BCUT2D eigenvalue weighted by molar-refractivity contribution is -0.129. The third kappa shape index (κ3) is 22.4. The smallest absolute Gasteiger partial charge is 0.318 e. The Bertz CT molecular complexity index is 5740. The van der Waals surface area contributed by atoms with Gasteiger partial charge in [0.15, 0.2) is 0 Å². The molecule has 35 heteroatoms. The van der Waals surface area contributed by atoms with Crippen molar-refractivity contribution in [1.29, 1.82) is 10.5 Å². The molecule has 6 fully saturated rings. The predicted octanol–water partition coefficient (Wildman–Crippen LogP) is 13.5. The van der Waals surface area contributed by atoms with E-state index in [1.165, 1.54) is 47.0 Å². The number of piperidine rings is 2.